The molecule has 1 aromatic carbocycles. The van der Waals surface area contributed by atoms with Crippen LogP contribution >= 0.6 is 0 Å². The van der Waals surface area contributed by atoms with Gasteiger partial charge in [0.1, 0.15) is 6.04 Å². The molecule has 1 aromatic heterocycles. The highest BCUT2D eigenvalue weighted by atomic mass is 16.4. The average molecular weight is 284 g/mol. The smallest absolute Gasteiger partial charge is 0.326 e. The molecule has 1 aliphatic rings. The Balaban J connectivity index is 2.16. The molecule has 110 valence electrons. The van der Waals surface area contributed by atoms with E-state index in [2.05, 4.69) is 4.98 Å². The van der Waals surface area contributed by atoms with E-state index in [4.69, 9.17) is 0 Å². The molecule has 2 unspecified atom stereocenters. The molecule has 0 spiro atoms. The molecule has 0 aliphatic carbocycles. The lowest BCUT2D eigenvalue weighted by Crippen LogP contribution is -2.49. The Morgan fingerprint density at radius 2 is 2.14 bits per heavy atom. The van der Waals surface area contributed by atoms with E-state index >= 15 is 0 Å². The van der Waals surface area contributed by atoms with Crippen LogP contribution in [0.5, 0.6) is 0 Å². The lowest BCUT2D eigenvalue weighted by atomic mass is 9.90. The summed E-state index contributed by atoms with van der Waals surface area (Å²) in [7, 11) is 0. The summed E-state index contributed by atoms with van der Waals surface area (Å²) in [5.74, 6) is -0.579. The van der Waals surface area contributed by atoms with E-state index in [-0.39, 0.29) is 5.92 Å². The topological polar surface area (TPSA) is 53.4 Å². The highest BCUT2D eigenvalue weighted by Crippen LogP contribution is 2.33. The number of para-hydroxylation sites is 1. The van der Waals surface area contributed by atoms with Crippen LogP contribution in [0.4, 0.5) is 5.69 Å². The third-order valence-corrected chi connectivity index (χ3v) is 4.32. The number of fused-ring (bicyclic) bond motifs is 1. The number of aromatic nitrogens is 1. The van der Waals surface area contributed by atoms with Crippen molar-refractivity contribution in [1.29, 1.82) is 0 Å². The molecule has 1 fully saturated rings. The Hall–Kier alpha value is -2.10. The molecule has 0 bridgehead atoms. The first kappa shape index (κ1) is 13.9. The highest BCUT2D eigenvalue weighted by molar-refractivity contribution is 5.94. The van der Waals surface area contributed by atoms with Gasteiger partial charge in [-0.2, -0.15) is 0 Å². The van der Waals surface area contributed by atoms with Crippen molar-refractivity contribution in [3.05, 3.63) is 36.0 Å². The summed E-state index contributed by atoms with van der Waals surface area (Å²) < 4.78 is 0. The quantitative estimate of drug-likeness (QED) is 0.920. The first-order valence-corrected chi connectivity index (χ1v) is 7.44. The number of carbonyl (C=O) groups is 1. The van der Waals surface area contributed by atoms with E-state index in [1.807, 2.05) is 49.1 Å². The van der Waals surface area contributed by atoms with Crippen molar-refractivity contribution in [3.8, 4) is 0 Å². The van der Waals surface area contributed by atoms with E-state index in [9.17, 15) is 9.90 Å². The molecule has 2 heterocycles. The molecular weight excluding hydrogens is 264 g/mol. The number of anilines is 1. The van der Waals surface area contributed by atoms with Crippen molar-refractivity contribution < 1.29 is 9.90 Å². The van der Waals surface area contributed by atoms with Crippen LogP contribution in [0.3, 0.4) is 0 Å². The maximum atomic E-state index is 11.7. The minimum atomic E-state index is -0.735. The number of pyridine rings is 1. The van der Waals surface area contributed by atoms with Crippen LogP contribution in [0.25, 0.3) is 10.9 Å². The zero-order valence-electron chi connectivity index (χ0n) is 12.4. The monoisotopic (exact) mass is 284 g/mol. The van der Waals surface area contributed by atoms with Gasteiger partial charge in [0.25, 0.3) is 0 Å². The molecule has 0 radical (unpaired) electrons. The highest BCUT2D eigenvalue weighted by Gasteiger charge is 2.35. The number of nitrogens with zero attached hydrogens (tertiary/aromatic N) is 2. The molecule has 2 atom stereocenters. The summed E-state index contributed by atoms with van der Waals surface area (Å²) in [6.45, 7) is 4.77. The van der Waals surface area contributed by atoms with Crippen LogP contribution in [0.2, 0.25) is 0 Å². The number of hydrogen-bond acceptors (Lipinski definition) is 3. The maximum absolute atomic E-state index is 11.7. The predicted molar refractivity (Wildman–Crippen MR) is 83.6 cm³/mol. The van der Waals surface area contributed by atoms with Crippen molar-refractivity contribution in [1.82, 2.24) is 4.98 Å². The molecule has 1 aliphatic heterocycles. The van der Waals surface area contributed by atoms with Crippen LogP contribution in [0.15, 0.2) is 30.3 Å². The predicted octanol–water partition coefficient (Wildman–Crippen LogP) is 3.23. The average Bonchev–Trinajstić information content (AvgIpc) is 2.45. The van der Waals surface area contributed by atoms with Gasteiger partial charge in [0.15, 0.2) is 0 Å². The summed E-state index contributed by atoms with van der Waals surface area (Å²) >= 11 is 0. The lowest BCUT2D eigenvalue weighted by molar-refractivity contribution is -0.140. The Bertz CT molecular complexity index is 684. The largest absolute Gasteiger partial charge is 0.480 e. The Labute approximate surface area is 124 Å². The number of carboxylic acids is 1. The minimum Gasteiger partial charge on any atom is -0.480 e. The summed E-state index contributed by atoms with van der Waals surface area (Å²) in [5, 5.41) is 10.7. The van der Waals surface area contributed by atoms with Crippen molar-refractivity contribution in [3.63, 3.8) is 0 Å². The van der Waals surface area contributed by atoms with Gasteiger partial charge >= 0.3 is 5.97 Å². The fraction of sp³-hybridized carbons (Fsp3) is 0.412. The fourth-order valence-corrected chi connectivity index (χ4v) is 3.36. The number of hydrogen-bond donors (Lipinski definition) is 1. The van der Waals surface area contributed by atoms with Crippen LogP contribution < -0.4 is 4.90 Å². The number of aryl methyl sites for hydroxylation is 1. The number of carboxylic acid groups (broad SMARTS) is 1. The van der Waals surface area contributed by atoms with E-state index in [0.717, 1.165) is 41.7 Å². The first-order valence-electron chi connectivity index (χ1n) is 7.44. The van der Waals surface area contributed by atoms with Gasteiger partial charge in [-0.25, -0.2) is 4.79 Å². The molecule has 4 nitrogen and oxygen atoms in total. The van der Waals surface area contributed by atoms with Gasteiger partial charge in [0.2, 0.25) is 0 Å². The summed E-state index contributed by atoms with van der Waals surface area (Å²) in [6, 6.07) is 9.50. The van der Waals surface area contributed by atoms with Gasteiger partial charge in [-0.3, -0.25) is 4.98 Å². The van der Waals surface area contributed by atoms with E-state index < -0.39 is 12.0 Å². The van der Waals surface area contributed by atoms with Gasteiger partial charge in [-0.05, 0) is 37.8 Å². The zero-order chi connectivity index (χ0) is 15.0. The molecule has 0 saturated carbocycles. The van der Waals surface area contributed by atoms with Crippen molar-refractivity contribution in [2.24, 2.45) is 5.92 Å². The standard InChI is InChI=1S/C17H20N2O2/c1-11-6-5-9-19(16(11)17(20)21)15-10-12(2)18-14-8-4-3-7-13(14)15/h3-4,7-8,10-11,16H,5-6,9H2,1-2H3,(H,20,21). The van der Waals surface area contributed by atoms with Crippen LogP contribution in [-0.2, 0) is 4.79 Å². The minimum absolute atomic E-state index is 0.156. The van der Waals surface area contributed by atoms with Gasteiger partial charge in [0.05, 0.1) is 5.52 Å². The number of piperidine rings is 1. The molecule has 21 heavy (non-hydrogen) atoms. The molecule has 2 aromatic rings. The summed E-state index contributed by atoms with van der Waals surface area (Å²) in [5.41, 5.74) is 2.85. The van der Waals surface area contributed by atoms with Gasteiger partial charge in [0, 0.05) is 23.3 Å². The molecule has 3 rings (SSSR count). The van der Waals surface area contributed by atoms with Gasteiger partial charge < -0.3 is 10.0 Å². The second kappa shape index (κ2) is 5.35. The molecule has 4 heteroatoms. The normalized spacial score (nSPS) is 22.5. The third-order valence-electron chi connectivity index (χ3n) is 4.32. The first-order chi connectivity index (χ1) is 10.1. The van der Waals surface area contributed by atoms with Crippen molar-refractivity contribution in [2.45, 2.75) is 32.7 Å². The SMILES string of the molecule is Cc1cc(N2CCCC(C)C2C(=O)O)c2ccccc2n1. The van der Waals surface area contributed by atoms with E-state index in [1.165, 1.54) is 0 Å². The van der Waals surface area contributed by atoms with Crippen molar-refractivity contribution in [2.75, 3.05) is 11.4 Å². The Morgan fingerprint density at radius 3 is 2.90 bits per heavy atom. The zero-order valence-corrected chi connectivity index (χ0v) is 12.4. The molecule has 0 amide bonds. The van der Waals surface area contributed by atoms with Crippen molar-refractivity contribution >= 4 is 22.6 Å². The maximum Gasteiger partial charge on any atom is 0.326 e. The summed E-state index contributed by atoms with van der Waals surface area (Å²) in [6.07, 6.45) is 2.00. The van der Waals surface area contributed by atoms with Crippen LogP contribution in [-0.4, -0.2) is 28.6 Å². The van der Waals surface area contributed by atoms with Gasteiger partial charge in [-0.15, -0.1) is 0 Å². The van der Waals surface area contributed by atoms with Gasteiger partial charge in [-0.1, -0.05) is 25.1 Å². The Kier molecular flexibility index (Phi) is 3.53. The number of benzene rings is 1. The molecule has 1 saturated heterocycles. The summed E-state index contributed by atoms with van der Waals surface area (Å²) in [4.78, 5) is 18.3. The lowest BCUT2D eigenvalue weighted by Gasteiger charge is -2.39. The second-order valence-electron chi connectivity index (χ2n) is 5.90. The Morgan fingerprint density at radius 1 is 1.38 bits per heavy atom. The van der Waals surface area contributed by atoms with Crippen LogP contribution in [0.1, 0.15) is 25.5 Å². The third kappa shape index (κ3) is 2.46. The fourth-order valence-electron chi connectivity index (χ4n) is 3.36. The van der Waals surface area contributed by atoms with E-state index in [0.29, 0.717) is 0 Å². The number of rotatable bonds is 2. The molecule has 1 N–H and O–H groups in total. The number of aliphatic carboxylic acids is 1. The second-order valence-corrected chi connectivity index (χ2v) is 5.90. The van der Waals surface area contributed by atoms with Crippen LogP contribution in [0, 0.1) is 12.8 Å². The molecular formula is C17H20N2O2. The van der Waals surface area contributed by atoms with E-state index in [1.54, 1.807) is 0 Å².